The molecule has 0 saturated heterocycles. The number of unbranched alkanes of at least 4 members (excludes halogenated alkanes) is 44. The van der Waals surface area contributed by atoms with E-state index in [1.54, 1.807) is 0 Å². The van der Waals surface area contributed by atoms with Crippen molar-refractivity contribution < 1.29 is 24.5 Å². The lowest BCUT2D eigenvalue weighted by atomic mass is 10.0. The van der Waals surface area contributed by atoms with Crippen LogP contribution in [0, 0.1) is 0 Å². The smallest absolute Gasteiger partial charge is 0.305 e. The van der Waals surface area contributed by atoms with E-state index in [0.717, 1.165) is 57.8 Å². The monoisotopic (exact) mass is 1070 g/mol. The molecule has 2 unspecified atom stereocenters. The van der Waals surface area contributed by atoms with Crippen molar-refractivity contribution in [2.75, 3.05) is 13.2 Å². The van der Waals surface area contributed by atoms with E-state index in [0.29, 0.717) is 25.9 Å². The van der Waals surface area contributed by atoms with Gasteiger partial charge >= 0.3 is 5.97 Å². The summed E-state index contributed by atoms with van der Waals surface area (Å²) in [5.74, 6) is -0.0332. The van der Waals surface area contributed by atoms with Crippen molar-refractivity contribution >= 4 is 11.9 Å². The second-order valence-electron chi connectivity index (χ2n) is 23.1. The zero-order valence-corrected chi connectivity index (χ0v) is 51.0. The van der Waals surface area contributed by atoms with Crippen LogP contribution in [-0.4, -0.2) is 47.4 Å². The van der Waals surface area contributed by atoms with E-state index in [-0.39, 0.29) is 18.5 Å². The predicted molar refractivity (Wildman–Crippen MR) is 333 cm³/mol. The van der Waals surface area contributed by atoms with Crippen LogP contribution in [0.5, 0.6) is 0 Å². The summed E-state index contributed by atoms with van der Waals surface area (Å²) >= 11 is 0. The van der Waals surface area contributed by atoms with Crippen LogP contribution in [0.15, 0.2) is 48.6 Å². The minimum absolute atomic E-state index is 0.000648. The van der Waals surface area contributed by atoms with E-state index in [4.69, 9.17) is 4.74 Å². The largest absolute Gasteiger partial charge is 0.466 e. The molecule has 0 spiro atoms. The van der Waals surface area contributed by atoms with Crippen LogP contribution in [-0.2, 0) is 14.3 Å². The molecule has 0 rings (SSSR count). The molecule has 0 aromatic rings. The van der Waals surface area contributed by atoms with Gasteiger partial charge in [-0.2, -0.15) is 0 Å². The SMILES string of the molecule is CCCC/C=C\C/C=C\CCCCCCCC(=O)OCCCCCCCCCCC/C=C\C/C=C\CCCCCCCCCCCCCCCCCCCC(=O)NC(CO)C(O)CCCCCCCCCCCCCC. The van der Waals surface area contributed by atoms with Gasteiger partial charge < -0.3 is 20.3 Å². The van der Waals surface area contributed by atoms with Crippen LogP contribution in [0.2, 0.25) is 0 Å². The summed E-state index contributed by atoms with van der Waals surface area (Å²) in [7, 11) is 0. The number of ether oxygens (including phenoxy) is 1. The van der Waals surface area contributed by atoms with Gasteiger partial charge in [-0.15, -0.1) is 0 Å². The fraction of sp³-hybridized carbons (Fsp3) is 0.857. The molecule has 0 aliphatic heterocycles. The van der Waals surface area contributed by atoms with Gasteiger partial charge in [-0.25, -0.2) is 0 Å². The van der Waals surface area contributed by atoms with E-state index in [2.05, 4.69) is 67.8 Å². The molecule has 0 heterocycles. The number of rotatable bonds is 63. The number of aliphatic hydroxyl groups is 2. The van der Waals surface area contributed by atoms with Gasteiger partial charge in [0.15, 0.2) is 0 Å². The third-order valence-corrected chi connectivity index (χ3v) is 15.6. The molecule has 2 atom stereocenters. The highest BCUT2D eigenvalue weighted by Crippen LogP contribution is 2.18. The van der Waals surface area contributed by atoms with Crippen molar-refractivity contribution in [1.82, 2.24) is 5.32 Å². The van der Waals surface area contributed by atoms with Gasteiger partial charge in [-0.05, 0) is 83.5 Å². The first kappa shape index (κ1) is 73.8. The molecule has 6 nitrogen and oxygen atoms in total. The van der Waals surface area contributed by atoms with E-state index in [9.17, 15) is 19.8 Å². The number of carbonyl (C=O) groups is 2. The fourth-order valence-corrected chi connectivity index (χ4v) is 10.4. The number of nitrogens with one attached hydrogen (secondary N) is 1. The third-order valence-electron chi connectivity index (χ3n) is 15.6. The second kappa shape index (κ2) is 65.3. The van der Waals surface area contributed by atoms with Crippen LogP contribution >= 0.6 is 0 Å². The lowest BCUT2D eigenvalue weighted by Crippen LogP contribution is -2.45. The minimum atomic E-state index is -0.662. The Labute approximate surface area is 474 Å². The van der Waals surface area contributed by atoms with E-state index < -0.39 is 12.1 Å². The maximum Gasteiger partial charge on any atom is 0.305 e. The topological polar surface area (TPSA) is 95.9 Å². The molecular weight excluding hydrogens is 935 g/mol. The maximum absolute atomic E-state index is 12.5. The standard InChI is InChI=1S/C70H131NO5/c1-3-5-7-9-11-13-15-17-40-44-48-52-56-60-64-70(75)76-65-61-57-53-49-45-41-38-36-34-32-30-28-26-24-22-20-18-19-21-23-25-27-29-31-33-35-37-39-43-47-51-55-59-63-69(74)71-67(66-72)68(73)62-58-54-50-46-42-16-14-12-10-8-6-4-2/h9,11,15,17,22,24,28,30,67-68,72-73H,3-8,10,12-14,16,18-21,23,25-27,29,31-66H2,1-2H3,(H,71,74)/b11-9-,17-15-,24-22-,30-28-. The Bertz CT molecular complexity index is 1270. The zero-order valence-electron chi connectivity index (χ0n) is 51.0. The minimum Gasteiger partial charge on any atom is -0.466 e. The highest BCUT2D eigenvalue weighted by atomic mass is 16.5. The van der Waals surface area contributed by atoms with Crippen LogP contribution in [0.3, 0.4) is 0 Å². The Kier molecular flexibility index (Phi) is 63.5. The Morgan fingerprint density at radius 2 is 0.671 bits per heavy atom. The fourth-order valence-electron chi connectivity index (χ4n) is 10.4. The Hall–Kier alpha value is -2.18. The van der Waals surface area contributed by atoms with Gasteiger partial charge in [-0.1, -0.05) is 313 Å². The average Bonchev–Trinajstić information content (AvgIpc) is 3.42. The van der Waals surface area contributed by atoms with Gasteiger partial charge in [0.25, 0.3) is 0 Å². The normalized spacial score (nSPS) is 12.8. The van der Waals surface area contributed by atoms with Crippen molar-refractivity contribution in [2.24, 2.45) is 0 Å². The van der Waals surface area contributed by atoms with E-state index >= 15 is 0 Å². The summed E-state index contributed by atoms with van der Waals surface area (Å²) in [6, 6.07) is -0.539. The van der Waals surface area contributed by atoms with Crippen molar-refractivity contribution in [3.63, 3.8) is 0 Å². The molecule has 0 fully saturated rings. The molecule has 1 amide bonds. The van der Waals surface area contributed by atoms with Gasteiger partial charge in [-0.3, -0.25) is 9.59 Å². The molecule has 0 bridgehead atoms. The quantitative estimate of drug-likeness (QED) is 0.0320. The maximum atomic E-state index is 12.5. The zero-order chi connectivity index (χ0) is 55.0. The van der Waals surface area contributed by atoms with Crippen molar-refractivity contribution in [3.8, 4) is 0 Å². The molecule has 76 heavy (non-hydrogen) atoms. The Balaban J connectivity index is 3.37. The number of hydrogen-bond acceptors (Lipinski definition) is 5. The lowest BCUT2D eigenvalue weighted by Gasteiger charge is -2.22. The second-order valence-corrected chi connectivity index (χ2v) is 23.1. The average molecular weight is 1070 g/mol. The molecule has 0 aromatic carbocycles. The Morgan fingerprint density at radius 1 is 0.368 bits per heavy atom. The third kappa shape index (κ3) is 61.0. The summed E-state index contributed by atoms with van der Waals surface area (Å²) in [4.78, 5) is 24.5. The summed E-state index contributed by atoms with van der Waals surface area (Å²) < 4.78 is 5.47. The highest BCUT2D eigenvalue weighted by molar-refractivity contribution is 5.76. The molecule has 6 heteroatoms. The molecule has 0 aliphatic rings. The molecule has 0 radical (unpaired) electrons. The van der Waals surface area contributed by atoms with E-state index in [1.165, 1.54) is 270 Å². The molecule has 0 aliphatic carbocycles. The van der Waals surface area contributed by atoms with Crippen LogP contribution in [0.1, 0.15) is 361 Å². The first-order valence-corrected chi connectivity index (χ1v) is 33.9. The molecule has 0 saturated carbocycles. The van der Waals surface area contributed by atoms with Crippen LogP contribution < -0.4 is 5.32 Å². The van der Waals surface area contributed by atoms with Crippen molar-refractivity contribution in [3.05, 3.63) is 48.6 Å². The van der Waals surface area contributed by atoms with Crippen molar-refractivity contribution in [1.29, 1.82) is 0 Å². The lowest BCUT2D eigenvalue weighted by molar-refractivity contribution is -0.143. The van der Waals surface area contributed by atoms with Crippen LogP contribution in [0.4, 0.5) is 0 Å². The first-order chi connectivity index (χ1) is 37.5. The number of aliphatic hydroxyl groups excluding tert-OH is 2. The molecule has 3 N–H and O–H groups in total. The highest BCUT2D eigenvalue weighted by Gasteiger charge is 2.20. The molecular formula is C70H131NO5. The number of hydrogen-bond donors (Lipinski definition) is 3. The van der Waals surface area contributed by atoms with Crippen molar-refractivity contribution in [2.45, 2.75) is 373 Å². The van der Waals surface area contributed by atoms with Gasteiger partial charge in [0, 0.05) is 12.8 Å². The van der Waals surface area contributed by atoms with Gasteiger partial charge in [0.05, 0.1) is 25.4 Å². The Morgan fingerprint density at radius 3 is 1.04 bits per heavy atom. The van der Waals surface area contributed by atoms with E-state index in [1.807, 2.05) is 0 Å². The summed E-state index contributed by atoms with van der Waals surface area (Å²) in [6.07, 6.45) is 84.4. The van der Waals surface area contributed by atoms with Gasteiger partial charge in [0.2, 0.25) is 5.91 Å². The number of carbonyl (C=O) groups excluding carboxylic acids is 2. The summed E-state index contributed by atoms with van der Waals surface area (Å²) in [5, 5.41) is 23.2. The first-order valence-electron chi connectivity index (χ1n) is 33.9. The summed E-state index contributed by atoms with van der Waals surface area (Å²) in [5.41, 5.74) is 0. The van der Waals surface area contributed by atoms with Crippen LogP contribution in [0.25, 0.3) is 0 Å². The predicted octanol–water partition coefficient (Wildman–Crippen LogP) is 21.7. The summed E-state index contributed by atoms with van der Waals surface area (Å²) in [6.45, 7) is 4.91. The van der Waals surface area contributed by atoms with Gasteiger partial charge in [0.1, 0.15) is 0 Å². The number of amides is 1. The molecule has 446 valence electrons. The number of esters is 1. The molecule has 0 aromatic heterocycles. The number of allylic oxidation sites excluding steroid dienone is 8.